The zero-order valence-corrected chi connectivity index (χ0v) is 17.2. The minimum absolute atomic E-state index is 0.0584. The summed E-state index contributed by atoms with van der Waals surface area (Å²) in [4.78, 5) is 34.6. The fraction of sp³-hybridized carbons (Fsp3) is 0.364. The minimum atomic E-state index is -0.302. The summed E-state index contributed by atoms with van der Waals surface area (Å²) in [7, 11) is 0. The Morgan fingerprint density at radius 2 is 1.86 bits per heavy atom. The maximum Gasteiger partial charge on any atom is 0.257 e. The van der Waals surface area contributed by atoms with Crippen molar-refractivity contribution in [3.8, 4) is 5.95 Å². The quantitative estimate of drug-likeness (QED) is 0.728. The van der Waals surface area contributed by atoms with E-state index >= 15 is 0 Å². The molecule has 0 atom stereocenters. The van der Waals surface area contributed by atoms with Crippen LogP contribution in [0, 0.1) is 6.92 Å². The zero-order chi connectivity index (χ0) is 20.8. The number of carbonyl (C=O) groups excluding carboxylic acids is 1. The van der Waals surface area contributed by atoms with Crippen LogP contribution >= 0.6 is 0 Å². The van der Waals surface area contributed by atoms with Gasteiger partial charge in [-0.3, -0.25) is 14.6 Å². The molecule has 1 N–H and O–H groups in total. The number of rotatable bonds is 2. The normalized spacial score (nSPS) is 14.0. The van der Waals surface area contributed by atoms with Gasteiger partial charge in [0.05, 0.1) is 17.5 Å². The third-order valence-electron chi connectivity index (χ3n) is 5.45. The van der Waals surface area contributed by atoms with E-state index < -0.39 is 0 Å². The second-order valence-corrected chi connectivity index (χ2v) is 8.50. The van der Waals surface area contributed by atoms with E-state index in [4.69, 9.17) is 0 Å². The van der Waals surface area contributed by atoms with Crippen molar-refractivity contribution in [2.45, 2.75) is 46.1 Å². The summed E-state index contributed by atoms with van der Waals surface area (Å²) >= 11 is 0. The molecule has 2 aromatic heterocycles. The molecule has 3 heterocycles. The van der Waals surface area contributed by atoms with Gasteiger partial charge < -0.3 is 4.90 Å². The predicted molar refractivity (Wildman–Crippen MR) is 110 cm³/mol. The van der Waals surface area contributed by atoms with Crippen molar-refractivity contribution in [3.63, 3.8) is 0 Å². The van der Waals surface area contributed by atoms with Crippen LogP contribution < -0.4 is 5.56 Å². The van der Waals surface area contributed by atoms with Crippen molar-refractivity contribution >= 4 is 5.91 Å². The summed E-state index contributed by atoms with van der Waals surface area (Å²) in [5, 5.41) is 4.32. The minimum Gasteiger partial charge on any atom is -0.334 e. The number of aromatic nitrogens is 4. The van der Waals surface area contributed by atoms with Gasteiger partial charge in [0, 0.05) is 24.8 Å². The van der Waals surface area contributed by atoms with Gasteiger partial charge in [-0.05, 0) is 29.9 Å². The average Bonchev–Trinajstić information content (AvgIpc) is 3.07. The molecule has 4 rings (SSSR count). The topological polar surface area (TPSA) is 83.9 Å². The maximum absolute atomic E-state index is 13.1. The summed E-state index contributed by atoms with van der Waals surface area (Å²) in [5.74, 6) is 0.250. The van der Waals surface area contributed by atoms with Crippen molar-refractivity contribution < 1.29 is 4.79 Å². The van der Waals surface area contributed by atoms with Crippen LogP contribution in [0.15, 0.2) is 41.5 Å². The first kappa shape index (κ1) is 19.1. The number of amides is 1. The van der Waals surface area contributed by atoms with Crippen molar-refractivity contribution in [1.82, 2.24) is 24.6 Å². The average molecular weight is 391 g/mol. The van der Waals surface area contributed by atoms with Crippen LogP contribution in [0.1, 0.15) is 53.5 Å². The summed E-state index contributed by atoms with van der Waals surface area (Å²) in [6, 6.07) is 8.21. The molecule has 29 heavy (non-hydrogen) atoms. The lowest BCUT2D eigenvalue weighted by Gasteiger charge is -2.28. The molecule has 1 aliphatic rings. The highest BCUT2D eigenvalue weighted by Gasteiger charge is 2.25. The zero-order valence-electron chi connectivity index (χ0n) is 17.2. The number of hydrogen-bond donors (Lipinski definition) is 1. The van der Waals surface area contributed by atoms with E-state index in [0.717, 1.165) is 6.42 Å². The molecule has 0 saturated heterocycles. The van der Waals surface area contributed by atoms with Gasteiger partial charge in [0.1, 0.15) is 0 Å². The van der Waals surface area contributed by atoms with Gasteiger partial charge >= 0.3 is 0 Å². The number of H-pyrrole nitrogens is 1. The highest BCUT2D eigenvalue weighted by atomic mass is 16.2. The molecule has 150 valence electrons. The Morgan fingerprint density at radius 1 is 1.14 bits per heavy atom. The first-order chi connectivity index (χ1) is 13.8. The lowest BCUT2D eigenvalue weighted by atomic mass is 9.89. The van der Waals surface area contributed by atoms with E-state index in [1.807, 2.05) is 44.7 Å². The summed E-state index contributed by atoms with van der Waals surface area (Å²) in [6.45, 7) is 8.98. The van der Waals surface area contributed by atoms with E-state index in [0.29, 0.717) is 35.9 Å². The number of nitrogens with zero attached hydrogens (tertiary/aromatic N) is 4. The van der Waals surface area contributed by atoms with Crippen LogP contribution in [0.25, 0.3) is 5.95 Å². The van der Waals surface area contributed by atoms with Crippen molar-refractivity contribution in [1.29, 1.82) is 0 Å². The molecule has 0 radical (unpaired) electrons. The van der Waals surface area contributed by atoms with E-state index in [-0.39, 0.29) is 16.9 Å². The van der Waals surface area contributed by atoms with Gasteiger partial charge in [0.15, 0.2) is 0 Å². The van der Waals surface area contributed by atoms with Crippen molar-refractivity contribution in [2.75, 3.05) is 6.54 Å². The first-order valence-corrected chi connectivity index (χ1v) is 9.76. The molecule has 0 fully saturated rings. The Kier molecular flexibility index (Phi) is 4.61. The molecular weight excluding hydrogens is 366 g/mol. The summed E-state index contributed by atoms with van der Waals surface area (Å²) in [5.41, 5.74) is 3.76. The van der Waals surface area contributed by atoms with Crippen LogP contribution in [-0.2, 0) is 18.4 Å². The number of aromatic amines is 1. The van der Waals surface area contributed by atoms with Gasteiger partial charge in [-0.2, -0.15) is 5.10 Å². The second-order valence-electron chi connectivity index (χ2n) is 8.50. The molecule has 1 aliphatic heterocycles. The van der Waals surface area contributed by atoms with Crippen molar-refractivity contribution in [2.24, 2.45) is 0 Å². The van der Waals surface area contributed by atoms with Gasteiger partial charge in [-0.25, -0.2) is 9.67 Å². The van der Waals surface area contributed by atoms with E-state index in [9.17, 15) is 9.59 Å². The van der Waals surface area contributed by atoms with Gasteiger partial charge in [0.2, 0.25) is 5.95 Å². The Bertz CT molecular complexity index is 1140. The Morgan fingerprint density at radius 3 is 2.55 bits per heavy atom. The lowest BCUT2D eigenvalue weighted by Crippen LogP contribution is -2.36. The molecule has 0 aliphatic carbocycles. The van der Waals surface area contributed by atoms with E-state index in [2.05, 4.69) is 27.2 Å². The molecule has 0 spiro atoms. The Hall–Kier alpha value is -3.22. The standard InChI is InChI=1S/C22H25N5O2/c1-14-17(20(29)26-10-9-15-7-5-6-8-16(15)13-26)11-24-27(14)21-23-12-18(19(28)25-21)22(2,3)4/h5-8,11-12H,9-10,13H2,1-4H3,(H,23,25,28). The Balaban J connectivity index is 1.62. The van der Waals surface area contributed by atoms with Gasteiger partial charge in [-0.15, -0.1) is 0 Å². The number of nitrogens with one attached hydrogen (secondary N) is 1. The third-order valence-corrected chi connectivity index (χ3v) is 5.45. The number of benzene rings is 1. The largest absolute Gasteiger partial charge is 0.334 e. The molecule has 7 heteroatoms. The molecule has 3 aromatic rings. The van der Waals surface area contributed by atoms with Crippen LogP contribution in [0.4, 0.5) is 0 Å². The van der Waals surface area contributed by atoms with Crippen molar-refractivity contribution in [3.05, 3.63) is 75.0 Å². The smallest absolute Gasteiger partial charge is 0.257 e. The molecule has 1 amide bonds. The number of carbonyl (C=O) groups is 1. The molecule has 0 unspecified atom stereocenters. The summed E-state index contributed by atoms with van der Waals surface area (Å²) < 4.78 is 1.51. The highest BCUT2D eigenvalue weighted by Crippen LogP contribution is 2.22. The van der Waals surface area contributed by atoms with Gasteiger partial charge in [0.25, 0.3) is 11.5 Å². The van der Waals surface area contributed by atoms with Crippen LogP contribution in [0.5, 0.6) is 0 Å². The molecule has 0 bridgehead atoms. The van der Waals surface area contributed by atoms with E-state index in [1.54, 1.807) is 12.4 Å². The fourth-order valence-corrected chi connectivity index (χ4v) is 3.70. The third kappa shape index (κ3) is 3.48. The fourth-order valence-electron chi connectivity index (χ4n) is 3.70. The maximum atomic E-state index is 13.1. The number of hydrogen-bond acceptors (Lipinski definition) is 4. The summed E-state index contributed by atoms with van der Waals surface area (Å²) in [6.07, 6.45) is 3.98. The highest BCUT2D eigenvalue weighted by molar-refractivity contribution is 5.95. The SMILES string of the molecule is Cc1c(C(=O)N2CCc3ccccc3C2)cnn1-c1ncc(C(C)(C)C)c(=O)[nH]1. The molecule has 7 nitrogen and oxygen atoms in total. The van der Waals surface area contributed by atoms with Crippen LogP contribution in [0.3, 0.4) is 0 Å². The van der Waals surface area contributed by atoms with Gasteiger partial charge in [-0.1, -0.05) is 45.0 Å². The molecule has 0 saturated carbocycles. The van der Waals surface area contributed by atoms with Crippen LogP contribution in [-0.4, -0.2) is 37.1 Å². The Labute approximate surface area is 169 Å². The first-order valence-electron chi connectivity index (χ1n) is 9.76. The monoisotopic (exact) mass is 391 g/mol. The molecule has 1 aromatic carbocycles. The number of fused-ring (bicyclic) bond motifs is 1. The predicted octanol–water partition coefficient (Wildman–Crippen LogP) is 2.76. The second kappa shape index (κ2) is 6.99. The van der Waals surface area contributed by atoms with Crippen LogP contribution in [0.2, 0.25) is 0 Å². The lowest BCUT2D eigenvalue weighted by molar-refractivity contribution is 0.0734. The molecular formula is C22H25N5O2. The van der Waals surface area contributed by atoms with E-state index in [1.165, 1.54) is 15.8 Å².